The van der Waals surface area contributed by atoms with Crippen LogP contribution in [0.3, 0.4) is 0 Å². The molecule has 0 aromatic carbocycles. The molecular formula is C13H22N6O. The van der Waals surface area contributed by atoms with Gasteiger partial charge >= 0.3 is 0 Å². The third-order valence-corrected chi connectivity index (χ3v) is 2.31. The lowest BCUT2D eigenvalue weighted by molar-refractivity contribution is 0.0996. The minimum Gasteiger partial charge on any atom is -0.364 e. The Balaban J connectivity index is 0.000000612. The minimum absolute atomic E-state index is 0.213. The third-order valence-electron chi connectivity index (χ3n) is 2.31. The van der Waals surface area contributed by atoms with E-state index in [2.05, 4.69) is 40.0 Å². The molecule has 0 spiro atoms. The van der Waals surface area contributed by atoms with Crippen molar-refractivity contribution in [1.82, 2.24) is 20.8 Å². The minimum atomic E-state index is -0.566. The van der Waals surface area contributed by atoms with E-state index >= 15 is 0 Å². The number of hydrogen-bond donors (Lipinski definition) is 4. The van der Waals surface area contributed by atoms with Crippen molar-refractivity contribution >= 4 is 11.6 Å². The molecule has 0 saturated heterocycles. The number of rotatable bonds is 4. The molecule has 2 rings (SSSR count). The predicted octanol–water partition coefficient (Wildman–Crippen LogP) is 0.915. The molecule has 20 heavy (non-hydrogen) atoms. The van der Waals surface area contributed by atoms with Crippen molar-refractivity contribution < 1.29 is 4.79 Å². The zero-order valence-corrected chi connectivity index (χ0v) is 12.2. The zero-order valence-electron chi connectivity index (χ0n) is 12.2. The lowest BCUT2D eigenvalue weighted by Gasteiger charge is -2.09. The molecule has 0 bridgehead atoms. The van der Waals surface area contributed by atoms with E-state index in [0.717, 1.165) is 5.70 Å². The average Bonchev–Trinajstić information content (AvgIpc) is 2.93. The number of carbonyl (C=O) groups is 1. The van der Waals surface area contributed by atoms with Crippen molar-refractivity contribution in [1.29, 1.82) is 0 Å². The predicted molar refractivity (Wildman–Crippen MR) is 78.7 cm³/mol. The van der Waals surface area contributed by atoms with Gasteiger partial charge in [-0.2, -0.15) is 0 Å². The van der Waals surface area contributed by atoms with Gasteiger partial charge in [0.05, 0.1) is 18.4 Å². The van der Waals surface area contributed by atoms with Gasteiger partial charge in [0.15, 0.2) is 5.69 Å². The molecule has 5 N–H and O–H groups in total. The molecule has 0 saturated carbocycles. The molecule has 0 fully saturated rings. The third kappa shape index (κ3) is 4.51. The molecular weight excluding hydrogens is 256 g/mol. The maximum absolute atomic E-state index is 11.3. The van der Waals surface area contributed by atoms with Crippen LogP contribution in [0.25, 0.3) is 0 Å². The van der Waals surface area contributed by atoms with Crippen molar-refractivity contribution in [2.75, 3.05) is 11.9 Å². The van der Waals surface area contributed by atoms with Crippen molar-refractivity contribution in [2.24, 2.45) is 5.73 Å². The Morgan fingerprint density at radius 1 is 1.45 bits per heavy atom. The van der Waals surface area contributed by atoms with Crippen molar-refractivity contribution in [3.8, 4) is 0 Å². The summed E-state index contributed by atoms with van der Waals surface area (Å²) in [6, 6.07) is 0. The first-order valence-electron chi connectivity index (χ1n) is 6.72. The summed E-state index contributed by atoms with van der Waals surface area (Å²) < 4.78 is 0. The van der Waals surface area contributed by atoms with Crippen molar-refractivity contribution in [3.63, 3.8) is 0 Å². The molecule has 110 valence electrons. The summed E-state index contributed by atoms with van der Waals surface area (Å²) in [5.74, 6) is 0.0325. The van der Waals surface area contributed by atoms with Gasteiger partial charge in [-0.05, 0) is 0 Å². The van der Waals surface area contributed by atoms with E-state index in [1.807, 2.05) is 6.92 Å². The number of hydrogen-bond acceptors (Lipinski definition) is 6. The van der Waals surface area contributed by atoms with Gasteiger partial charge in [-0.15, -0.1) is 0 Å². The quantitative estimate of drug-likeness (QED) is 0.652. The van der Waals surface area contributed by atoms with E-state index in [-0.39, 0.29) is 5.69 Å². The van der Waals surface area contributed by atoms with Gasteiger partial charge in [0.2, 0.25) is 0 Å². The molecule has 1 aromatic heterocycles. The topological polar surface area (TPSA) is 105 Å². The molecule has 1 aliphatic rings. The Morgan fingerprint density at radius 3 is 2.65 bits per heavy atom. The summed E-state index contributed by atoms with van der Waals surface area (Å²) in [6.45, 7) is 6.80. The largest absolute Gasteiger partial charge is 0.364 e. The fourth-order valence-electron chi connectivity index (χ4n) is 1.46. The second-order valence-electron chi connectivity index (χ2n) is 4.27. The summed E-state index contributed by atoms with van der Waals surface area (Å²) in [5.41, 5.74) is 12.6. The highest BCUT2D eigenvalue weighted by Gasteiger charge is 2.13. The van der Waals surface area contributed by atoms with Crippen LogP contribution in [0.2, 0.25) is 0 Å². The highest BCUT2D eigenvalue weighted by atomic mass is 16.1. The number of nitrogens with one attached hydrogen (secondary N) is 3. The average molecular weight is 278 g/mol. The molecule has 1 aromatic rings. The van der Waals surface area contributed by atoms with Crippen LogP contribution in [0.1, 0.15) is 43.5 Å². The molecule has 0 atom stereocenters. The number of aryl methyl sites for hydroxylation is 1. The van der Waals surface area contributed by atoms with E-state index in [9.17, 15) is 4.79 Å². The lowest BCUT2D eigenvalue weighted by Crippen LogP contribution is -2.22. The highest BCUT2D eigenvalue weighted by Crippen LogP contribution is 2.14. The molecule has 1 aliphatic heterocycles. The smallest absolute Gasteiger partial charge is 0.269 e. The fourth-order valence-corrected chi connectivity index (χ4v) is 1.46. The summed E-state index contributed by atoms with van der Waals surface area (Å²) in [7, 11) is 0. The Labute approximate surface area is 119 Å². The normalized spacial score (nSPS) is 12.8. The van der Waals surface area contributed by atoms with E-state index in [0.29, 0.717) is 24.5 Å². The number of carbonyl (C=O) groups excluding carboxylic acids is 1. The Bertz CT molecular complexity index is 486. The first kappa shape index (κ1) is 15.9. The molecule has 0 radical (unpaired) electrons. The van der Waals surface area contributed by atoms with E-state index < -0.39 is 5.91 Å². The maximum Gasteiger partial charge on any atom is 0.269 e. The van der Waals surface area contributed by atoms with Crippen LogP contribution in [0.5, 0.6) is 0 Å². The summed E-state index contributed by atoms with van der Waals surface area (Å²) in [4.78, 5) is 19.6. The van der Waals surface area contributed by atoms with Crippen LogP contribution in [0.15, 0.2) is 18.1 Å². The first-order valence-corrected chi connectivity index (χ1v) is 6.72. The van der Waals surface area contributed by atoms with Gasteiger partial charge in [-0.25, -0.2) is 15.4 Å². The Morgan fingerprint density at radius 2 is 2.15 bits per heavy atom. The van der Waals surface area contributed by atoms with Gasteiger partial charge < -0.3 is 16.5 Å². The molecule has 7 nitrogen and oxygen atoms in total. The van der Waals surface area contributed by atoms with Gasteiger partial charge in [0.1, 0.15) is 5.82 Å². The number of hydrazine groups is 1. The standard InChI is InChI=1S/C10H14N6O.C3H8/c1-2-8-12-5-7(9(16-8)10(11)17)15-6-3-13-14-4-6;1-3-2/h3,5,13-15H,2,4H2,1H3,(H2,11,17);3H2,1-2H3. The van der Waals surface area contributed by atoms with E-state index in [1.165, 1.54) is 6.42 Å². The van der Waals surface area contributed by atoms with Crippen LogP contribution in [-0.2, 0) is 6.42 Å². The maximum atomic E-state index is 11.3. The number of aromatic nitrogens is 2. The number of primary amides is 1. The van der Waals surface area contributed by atoms with Crippen molar-refractivity contribution in [3.05, 3.63) is 29.6 Å². The van der Waals surface area contributed by atoms with Gasteiger partial charge in [-0.3, -0.25) is 4.79 Å². The number of nitrogens with two attached hydrogens (primary N) is 1. The summed E-state index contributed by atoms with van der Waals surface area (Å²) in [5, 5.41) is 3.05. The van der Waals surface area contributed by atoms with Crippen LogP contribution in [0.4, 0.5) is 5.69 Å². The van der Waals surface area contributed by atoms with Gasteiger partial charge in [-0.1, -0.05) is 27.2 Å². The second-order valence-corrected chi connectivity index (χ2v) is 4.27. The number of anilines is 1. The van der Waals surface area contributed by atoms with E-state index in [4.69, 9.17) is 5.73 Å². The Hall–Kier alpha value is -2.15. The fraction of sp³-hybridized carbons (Fsp3) is 0.462. The van der Waals surface area contributed by atoms with Crippen LogP contribution in [0, 0.1) is 0 Å². The first-order chi connectivity index (χ1) is 9.62. The van der Waals surface area contributed by atoms with Gasteiger partial charge in [0.25, 0.3) is 5.91 Å². The van der Waals surface area contributed by atoms with Crippen molar-refractivity contribution in [2.45, 2.75) is 33.6 Å². The van der Waals surface area contributed by atoms with Crippen LogP contribution in [-0.4, -0.2) is 22.4 Å². The van der Waals surface area contributed by atoms with Crippen LogP contribution < -0.4 is 21.9 Å². The SMILES string of the molecule is CCC.CCc1ncc(NC2=CNNC2)c(C(N)=O)n1. The Kier molecular flexibility index (Phi) is 6.45. The number of nitrogens with zero attached hydrogens (tertiary/aromatic N) is 2. The lowest BCUT2D eigenvalue weighted by atomic mass is 10.3. The van der Waals surface area contributed by atoms with Crippen LogP contribution >= 0.6 is 0 Å². The number of amides is 1. The molecule has 2 heterocycles. The molecule has 0 unspecified atom stereocenters. The van der Waals surface area contributed by atoms with Gasteiger partial charge in [0, 0.05) is 18.3 Å². The highest BCUT2D eigenvalue weighted by molar-refractivity contribution is 5.96. The molecule has 1 amide bonds. The summed E-state index contributed by atoms with van der Waals surface area (Å²) in [6.07, 6.45) is 5.25. The van der Waals surface area contributed by atoms with E-state index in [1.54, 1.807) is 12.4 Å². The molecule has 7 heteroatoms. The summed E-state index contributed by atoms with van der Waals surface area (Å²) >= 11 is 0. The molecule has 0 aliphatic carbocycles. The monoisotopic (exact) mass is 278 g/mol. The second kappa shape index (κ2) is 8.11. The zero-order chi connectivity index (χ0) is 15.0.